The van der Waals surface area contributed by atoms with Gasteiger partial charge in [0.25, 0.3) is 0 Å². The van der Waals surface area contributed by atoms with E-state index in [4.69, 9.17) is 16.6 Å². The third-order valence-corrected chi connectivity index (χ3v) is 2.58. The summed E-state index contributed by atoms with van der Waals surface area (Å²) < 4.78 is 5.50. The minimum absolute atomic E-state index is 0. The van der Waals surface area contributed by atoms with Gasteiger partial charge in [0.05, 0.1) is 0 Å². The molecule has 2 rings (SSSR count). The van der Waals surface area contributed by atoms with Gasteiger partial charge in [-0.3, -0.25) is 5.32 Å². The number of hydrogen-bond acceptors (Lipinski definition) is 3. The van der Waals surface area contributed by atoms with Gasteiger partial charge in [-0.1, -0.05) is 25.5 Å². The molecule has 0 bridgehead atoms. The summed E-state index contributed by atoms with van der Waals surface area (Å²) in [4.78, 5) is 4.28. The fourth-order valence-electron chi connectivity index (χ4n) is 1.45. The molecule has 0 aliphatic carbocycles. The van der Waals surface area contributed by atoms with Crippen molar-refractivity contribution in [1.82, 2.24) is 10.3 Å². The Morgan fingerprint density at radius 1 is 1.47 bits per heavy atom. The van der Waals surface area contributed by atoms with Crippen molar-refractivity contribution in [2.75, 3.05) is 11.9 Å². The molecule has 0 saturated carbocycles. The molecule has 94 valence electrons. The van der Waals surface area contributed by atoms with Crippen molar-refractivity contribution >= 4 is 34.4 Å². The van der Waals surface area contributed by atoms with Crippen molar-refractivity contribution in [1.29, 1.82) is 0 Å². The topological polar surface area (TPSA) is 50.1 Å². The van der Waals surface area contributed by atoms with Gasteiger partial charge in [0.1, 0.15) is 5.52 Å². The highest BCUT2D eigenvalue weighted by Gasteiger charge is 2.05. The maximum Gasteiger partial charge on any atom is 0.302 e. The van der Waals surface area contributed by atoms with E-state index in [2.05, 4.69) is 22.5 Å². The highest BCUT2D eigenvalue weighted by Crippen LogP contribution is 2.17. The third kappa shape index (κ3) is 3.17. The normalized spacial score (nSPS) is 10.4. The molecule has 0 saturated heterocycles. The largest absolute Gasteiger partial charge is 0.423 e. The van der Waals surface area contributed by atoms with Crippen LogP contribution < -0.4 is 10.6 Å². The first kappa shape index (κ1) is 11.9. The number of thiocarbonyl (C=S) groups is 1. The summed E-state index contributed by atoms with van der Waals surface area (Å²) in [6.07, 6.45) is 2.23. The number of hydrogen-bond donors (Lipinski definition) is 2. The van der Waals surface area contributed by atoms with Crippen LogP contribution in [0, 0.1) is 0 Å². The van der Waals surface area contributed by atoms with Gasteiger partial charge >= 0.3 is 6.01 Å². The summed E-state index contributed by atoms with van der Waals surface area (Å²) in [7, 11) is 0. The molecule has 0 amide bonds. The second-order valence-electron chi connectivity index (χ2n) is 3.72. The molecule has 5 heteroatoms. The van der Waals surface area contributed by atoms with Crippen LogP contribution in [0.2, 0.25) is 0 Å². The number of anilines is 1. The SMILES string of the molecule is CCCCNC(=S)Nc1nc2ccccc2o1.[HH].[HH]. The van der Waals surface area contributed by atoms with Crippen LogP contribution in [0.4, 0.5) is 6.01 Å². The minimum atomic E-state index is 0. The van der Waals surface area contributed by atoms with Gasteiger partial charge in [0.15, 0.2) is 10.7 Å². The van der Waals surface area contributed by atoms with Crippen molar-refractivity contribution in [2.24, 2.45) is 0 Å². The molecular weight excluding hydrogens is 234 g/mol. The zero-order valence-corrected chi connectivity index (χ0v) is 10.5. The first-order valence-corrected chi connectivity index (χ1v) is 6.11. The number of nitrogens with one attached hydrogen (secondary N) is 2. The van der Waals surface area contributed by atoms with Gasteiger partial charge < -0.3 is 9.73 Å². The van der Waals surface area contributed by atoms with E-state index in [1.54, 1.807) is 0 Å². The van der Waals surface area contributed by atoms with Gasteiger partial charge in [-0.25, -0.2) is 0 Å². The van der Waals surface area contributed by atoms with Crippen LogP contribution in [0.15, 0.2) is 28.7 Å². The molecule has 0 fully saturated rings. The van der Waals surface area contributed by atoms with Crippen LogP contribution in [0.3, 0.4) is 0 Å². The van der Waals surface area contributed by atoms with E-state index in [0.717, 1.165) is 30.5 Å². The number of benzene rings is 1. The fraction of sp³-hybridized carbons (Fsp3) is 0.333. The number of oxazole rings is 1. The van der Waals surface area contributed by atoms with Crippen LogP contribution in [-0.4, -0.2) is 16.6 Å². The van der Waals surface area contributed by atoms with Crippen LogP contribution in [0.25, 0.3) is 11.1 Å². The van der Waals surface area contributed by atoms with Gasteiger partial charge in [0.2, 0.25) is 0 Å². The van der Waals surface area contributed by atoms with Crippen LogP contribution >= 0.6 is 12.2 Å². The molecule has 17 heavy (non-hydrogen) atoms. The van der Waals surface area contributed by atoms with Crippen LogP contribution in [0.1, 0.15) is 22.6 Å². The summed E-state index contributed by atoms with van der Waals surface area (Å²) in [6.45, 7) is 3.00. The van der Waals surface area contributed by atoms with E-state index in [-0.39, 0.29) is 2.85 Å². The minimum Gasteiger partial charge on any atom is -0.423 e. The lowest BCUT2D eigenvalue weighted by molar-refractivity contribution is 0.623. The Labute approximate surface area is 108 Å². The number of para-hydroxylation sites is 2. The van der Waals surface area contributed by atoms with Gasteiger partial charge in [-0.15, -0.1) is 0 Å². The maximum atomic E-state index is 5.50. The number of unbranched alkanes of at least 4 members (excludes halogenated alkanes) is 1. The average molecular weight is 253 g/mol. The van der Waals surface area contributed by atoms with Crippen LogP contribution in [-0.2, 0) is 0 Å². The third-order valence-electron chi connectivity index (χ3n) is 2.33. The van der Waals surface area contributed by atoms with Crippen molar-refractivity contribution in [3.63, 3.8) is 0 Å². The molecule has 2 aromatic rings. The summed E-state index contributed by atoms with van der Waals surface area (Å²) in [5.41, 5.74) is 1.58. The molecule has 0 unspecified atom stereocenters. The zero-order chi connectivity index (χ0) is 12.1. The first-order valence-electron chi connectivity index (χ1n) is 5.70. The highest BCUT2D eigenvalue weighted by molar-refractivity contribution is 7.80. The first-order chi connectivity index (χ1) is 8.29. The summed E-state index contributed by atoms with van der Waals surface area (Å²) >= 11 is 5.13. The Morgan fingerprint density at radius 2 is 2.29 bits per heavy atom. The van der Waals surface area contributed by atoms with Gasteiger partial charge in [0, 0.05) is 9.40 Å². The monoisotopic (exact) mass is 253 g/mol. The van der Waals surface area contributed by atoms with E-state index in [1.807, 2.05) is 24.3 Å². The lowest BCUT2D eigenvalue weighted by Gasteiger charge is -2.05. The predicted molar refractivity (Wildman–Crippen MR) is 77.4 cm³/mol. The van der Waals surface area contributed by atoms with E-state index in [1.165, 1.54) is 0 Å². The molecule has 0 aliphatic rings. The molecule has 0 radical (unpaired) electrons. The van der Waals surface area contributed by atoms with E-state index < -0.39 is 0 Å². The van der Waals surface area contributed by atoms with Gasteiger partial charge in [-0.05, 0) is 30.8 Å². The highest BCUT2D eigenvalue weighted by atomic mass is 32.1. The van der Waals surface area contributed by atoms with E-state index in [9.17, 15) is 0 Å². The molecule has 4 nitrogen and oxygen atoms in total. The van der Waals surface area contributed by atoms with E-state index >= 15 is 0 Å². The smallest absolute Gasteiger partial charge is 0.302 e. The maximum absolute atomic E-state index is 5.50. The number of fused-ring (bicyclic) bond motifs is 1. The standard InChI is InChI=1S/C12H15N3OS.2H2/c1-2-3-8-13-12(17)15-11-14-9-6-4-5-7-10(9)16-11;;/h4-7H,2-3,8H2,1H3,(H2,13,14,15,17);2*1H. The summed E-state index contributed by atoms with van der Waals surface area (Å²) in [5.74, 6) is 0. The summed E-state index contributed by atoms with van der Waals surface area (Å²) in [6, 6.07) is 8.04. The molecule has 1 aromatic heterocycles. The second-order valence-corrected chi connectivity index (χ2v) is 4.13. The quantitative estimate of drug-likeness (QED) is 0.646. The Hall–Kier alpha value is -1.62. The molecule has 0 aliphatic heterocycles. The van der Waals surface area contributed by atoms with Crippen molar-refractivity contribution in [3.8, 4) is 0 Å². The Morgan fingerprint density at radius 3 is 3.06 bits per heavy atom. The predicted octanol–water partition coefficient (Wildman–Crippen LogP) is 3.41. The van der Waals surface area contributed by atoms with Crippen molar-refractivity contribution in [3.05, 3.63) is 24.3 Å². The molecule has 0 spiro atoms. The molecule has 2 N–H and O–H groups in total. The zero-order valence-electron chi connectivity index (χ0n) is 9.69. The van der Waals surface area contributed by atoms with Crippen molar-refractivity contribution < 1.29 is 7.27 Å². The number of rotatable bonds is 4. The number of nitrogens with zero attached hydrogens (tertiary/aromatic N) is 1. The lowest BCUT2D eigenvalue weighted by Crippen LogP contribution is -2.29. The molecular formula is C12H19N3OS. The fourth-order valence-corrected chi connectivity index (χ4v) is 1.64. The van der Waals surface area contributed by atoms with Gasteiger partial charge in [-0.2, -0.15) is 4.98 Å². The molecule has 1 heterocycles. The Balaban J connectivity index is 0.00000162. The molecule has 1 aromatic carbocycles. The van der Waals surface area contributed by atoms with E-state index in [0.29, 0.717) is 11.1 Å². The number of aromatic nitrogens is 1. The average Bonchev–Trinajstić information content (AvgIpc) is 2.71. The Kier molecular flexibility index (Phi) is 3.93. The Bertz CT molecular complexity index is 485. The van der Waals surface area contributed by atoms with Crippen LogP contribution in [0.5, 0.6) is 0 Å². The summed E-state index contributed by atoms with van der Waals surface area (Å²) in [5, 5.41) is 6.58. The lowest BCUT2D eigenvalue weighted by atomic mass is 10.3. The van der Waals surface area contributed by atoms with Crippen molar-refractivity contribution in [2.45, 2.75) is 19.8 Å². The molecule has 0 atom stereocenters. The second kappa shape index (κ2) is 5.63.